The smallest absolute Gasteiger partial charge is 0.239 e. The number of aryl methyl sites for hydroxylation is 1. The summed E-state index contributed by atoms with van der Waals surface area (Å²) in [4.78, 5) is 13.8. The molecule has 1 amide bonds. The van der Waals surface area contributed by atoms with Gasteiger partial charge in [0.15, 0.2) is 5.82 Å². The number of nitrogens with zero attached hydrogens (tertiary/aromatic N) is 4. The van der Waals surface area contributed by atoms with Crippen LogP contribution in [0.5, 0.6) is 0 Å². The van der Waals surface area contributed by atoms with E-state index in [4.69, 9.17) is 4.52 Å². The van der Waals surface area contributed by atoms with Gasteiger partial charge < -0.3 is 9.84 Å². The van der Waals surface area contributed by atoms with E-state index in [1.165, 1.54) is 0 Å². The number of anilines is 1. The number of amides is 1. The van der Waals surface area contributed by atoms with Crippen LogP contribution in [0.25, 0.3) is 0 Å². The summed E-state index contributed by atoms with van der Waals surface area (Å²) in [6.07, 6.45) is 1.78. The molecule has 21 heavy (non-hydrogen) atoms. The van der Waals surface area contributed by atoms with Crippen LogP contribution in [0.1, 0.15) is 31.2 Å². The number of likely N-dealkylation sites (N-methyl/N-ethyl adjacent to an activating group) is 1. The van der Waals surface area contributed by atoms with Crippen molar-refractivity contribution in [3.63, 3.8) is 0 Å². The average Bonchev–Trinajstić information content (AvgIpc) is 2.98. The van der Waals surface area contributed by atoms with E-state index >= 15 is 0 Å². The molecule has 2 heterocycles. The zero-order valence-corrected chi connectivity index (χ0v) is 12.8. The lowest BCUT2D eigenvalue weighted by molar-refractivity contribution is -0.117. The molecule has 0 spiro atoms. The average molecular weight is 291 g/mol. The molecular formula is C14H21N5O2. The van der Waals surface area contributed by atoms with Gasteiger partial charge in [-0.25, -0.2) is 0 Å². The standard InChI is InChI=1S/C14H21N5O2/c1-10(2)12-7-11(17-21-12)8-18(3)9-14(20)15-13-5-6-19(4)16-13/h5-7,10H,8-9H2,1-4H3,(H,15,16,20). The molecule has 2 aromatic rings. The molecule has 0 aliphatic rings. The Morgan fingerprint density at radius 3 is 2.86 bits per heavy atom. The maximum absolute atomic E-state index is 11.9. The molecule has 0 radical (unpaired) electrons. The third kappa shape index (κ3) is 4.42. The Bertz CT molecular complexity index is 602. The molecule has 0 fully saturated rings. The maximum atomic E-state index is 11.9. The molecule has 0 unspecified atom stereocenters. The van der Waals surface area contributed by atoms with E-state index < -0.39 is 0 Å². The topological polar surface area (TPSA) is 76.2 Å². The second-order valence-corrected chi connectivity index (χ2v) is 5.47. The van der Waals surface area contributed by atoms with E-state index in [9.17, 15) is 4.79 Å². The van der Waals surface area contributed by atoms with Gasteiger partial charge in [-0.1, -0.05) is 19.0 Å². The van der Waals surface area contributed by atoms with Crippen molar-refractivity contribution in [1.29, 1.82) is 0 Å². The van der Waals surface area contributed by atoms with Crippen LogP contribution in [-0.4, -0.2) is 39.3 Å². The molecule has 0 bridgehead atoms. The predicted molar refractivity (Wildman–Crippen MR) is 78.8 cm³/mol. The van der Waals surface area contributed by atoms with Crippen LogP contribution < -0.4 is 5.32 Å². The number of hydrogen-bond donors (Lipinski definition) is 1. The van der Waals surface area contributed by atoms with Crippen molar-refractivity contribution in [2.24, 2.45) is 7.05 Å². The Labute approximate surface area is 123 Å². The van der Waals surface area contributed by atoms with Crippen molar-refractivity contribution in [3.8, 4) is 0 Å². The van der Waals surface area contributed by atoms with E-state index in [-0.39, 0.29) is 12.5 Å². The van der Waals surface area contributed by atoms with E-state index in [0.717, 1.165) is 11.5 Å². The number of rotatable bonds is 6. The van der Waals surface area contributed by atoms with Crippen LogP contribution >= 0.6 is 0 Å². The van der Waals surface area contributed by atoms with Crippen molar-refractivity contribution in [2.75, 3.05) is 18.9 Å². The molecule has 7 nitrogen and oxygen atoms in total. The summed E-state index contributed by atoms with van der Waals surface area (Å²) in [7, 11) is 3.67. The fourth-order valence-electron chi connectivity index (χ4n) is 1.92. The van der Waals surface area contributed by atoms with Gasteiger partial charge in [0.25, 0.3) is 0 Å². The SMILES string of the molecule is CC(C)c1cc(CN(C)CC(=O)Nc2ccn(C)n2)no1. The molecule has 0 aliphatic heterocycles. The van der Waals surface area contributed by atoms with Crippen molar-refractivity contribution in [1.82, 2.24) is 19.8 Å². The van der Waals surface area contributed by atoms with Gasteiger partial charge >= 0.3 is 0 Å². The predicted octanol–water partition coefficient (Wildman–Crippen LogP) is 1.60. The molecule has 0 aromatic carbocycles. The number of aromatic nitrogens is 3. The van der Waals surface area contributed by atoms with Gasteiger partial charge in [-0.15, -0.1) is 0 Å². The van der Waals surface area contributed by atoms with Crippen molar-refractivity contribution >= 4 is 11.7 Å². The Kier molecular flexibility index (Phi) is 4.74. The molecule has 7 heteroatoms. The van der Waals surface area contributed by atoms with E-state index in [1.807, 2.05) is 31.9 Å². The van der Waals surface area contributed by atoms with Gasteiger partial charge in [-0.05, 0) is 7.05 Å². The normalized spacial score (nSPS) is 11.3. The monoisotopic (exact) mass is 291 g/mol. The van der Waals surface area contributed by atoms with Gasteiger partial charge in [-0.3, -0.25) is 14.4 Å². The van der Waals surface area contributed by atoms with Gasteiger partial charge in [-0.2, -0.15) is 5.10 Å². The molecule has 0 saturated heterocycles. The number of hydrogen-bond acceptors (Lipinski definition) is 5. The molecule has 114 valence electrons. The summed E-state index contributed by atoms with van der Waals surface area (Å²) in [6, 6.07) is 3.68. The first-order valence-corrected chi connectivity index (χ1v) is 6.87. The minimum absolute atomic E-state index is 0.108. The van der Waals surface area contributed by atoms with Crippen LogP contribution in [0.3, 0.4) is 0 Å². The summed E-state index contributed by atoms with van der Waals surface area (Å²) in [6.45, 7) is 4.93. The molecule has 2 rings (SSSR count). The quantitative estimate of drug-likeness (QED) is 0.875. The van der Waals surface area contributed by atoms with Gasteiger partial charge in [0.05, 0.1) is 12.2 Å². The first-order valence-electron chi connectivity index (χ1n) is 6.87. The highest BCUT2D eigenvalue weighted by atomic mass is 16.5. The zero-order chi connectivity index (χ0) is 15.4. The number of nitrogens with one attached hydrogen (secondary N) is 1. The molecule has 0 saturated carbocycles. The van der Waals surface area contributed by atoms with Gasteiger partial charge in [0.2, 0.25) is 5.91 Å². The Morgan fingerprint density at radius 1 is 1.52 bits per heavy atom. The second kappa shape index (κ2) is 6.53. The number of carbonyl (C=O) groups excluding carboxylic acids is 1. The van der Waals surface area contributed by atoms with Crippen molar-refractivity contribution in [2.45, 2.75) is 26.3 Å². The highest BCUT2D eigenvalue weighted by Crippen LogP contribution is 2.15. The summed E-state index contributed by atoms with van der Waals surface area (Å²) >= 11 is 0. The first-order chi connectivity index (χ1) is 9.94. The van der Waals surface area contributed by atoms with Crippen LogP contribution in [0.2, 0.25) is 0 Å². The Balaban J connectivity index is 1.83. The fourth-order valence-corrected chi connectivity index (χ4v) is 1.92. The molecule has 0 atom stereocenters. The number of carbonyl (C=O) groups is 1. The first kappa shape index (κ1) is 15.2. The zero-order valence-electron chi connectivity index (χ0n) is 12.8. The fraction of sp³-hybridized carbons (Fsp3) is 0.500. The molecular weight excluding hydrogens is 270 g/mol. The highest BCUT2D eigenvalue weighted by molar-refractivity contribution is 5.91. The Hall–Kier alpha value is -2.15. The summed E-state index contributed by atoms with van der Waals surface area (Å²) < 4.78 is 6.88. The molecule has 1 N–H and O–H groups in total. The molecule has 0 aliphatic carbocycles. The van der Waals surface area contributed by atoms with Crippen LogP contribution in [0.15, 0.2) is 22.9 Å². The van der Waals surface area contributed by atoms with Crippen LogP contribution in [0, 0.1) is 0 Å². The van der Waals surface area contributed by atoms with Crippen molar-refractivity contribution < 1.29 is 9.32 Å². The van der Waals surface area contributed by atoms with Crippen molar-refractivity contribution in [3.05, 3.63) is 29.8 Å². The third-order valence-corrected chi connectivity index (χ3v) is 2.97. The second-order valence-electron chi connectivity index (χ2n) is 5.47. The molecule has 2 aromatic heterocycles. The minimum Gasteiger partial charge on any atom is -0.361 e. The Morgan fingerprint density at radius 2 is 2.29 bits per heavy atom. The lowest BCUT2D eigenvalue weighted by Crippen LogP contribution is -2.30. The van der Waals surface area contributed by atoms with Crippen LogP contribution in [-0.2, 0) is 18.4 Å². The summed E-state index contributed by atoms with van der Waals surface area (Å²) in [5.41, 5.74) is 0.826. The third-order valence-electron chi connectivity index (χ3n) is 2.97. The lowest BCUT2D eigenvalue weighted by atomic mass is 10.1. The summed E-state index contributed by atoms with van der Waals surface area (Å²) in [5.74, 6) is 1.61. The maximum Gasteiger partial charge on any atom is 0.239 e. The van der Waals surface area contributed by atoms with E-state index in [2.05, 4.69) is 15.6 Å². The lowest BCUT2D eigenvalue weighted by Gasteiger charge is -2.13. The van der Waals surface area contributed by atoms with Gasteiger partial charge in [0.1, 0.15) is 5.76 Å². The highest BCUT2D eigenvalue weighted by Gasteiger charge is 2.12. The van der Waals surface area contributed by atoms with Crippen LogP contribution in [0.4, 0.5) is 5.82 Å². The minimum atomic E-state index is -0.108. The summed E-state index contributed by atoms with van der Waals surface area (Å²) in [5, 5.41) is 10.9. The largest absolute Gasteiger partial charge is 0.361 e. The van der Waals surface area contributed by atoms with E-state index in [0.29, 0.717) is 18.3 Å². The van der Waals surface area contributed by atoms with Gasteiger partial charge in [0, 0.05) is 37.8 Å². The van der Waals surface area contributed by atoms with E-state index in [1.54, 1.807) is 24.0 Å².